The predicted molar refractivity (Wildman–Crippen MR) is 146 cm³/mol. The van der Waals surface area contributed by atoms with Crippen LogP contribution in [0.2, 0.25) is 0 Å². The van der Waals surface area contributed by atoms with E-state index in [2.05, 4.69) is 28.1 Å². The van der Waals surface area contributed by atoms with Crippen LogP contribution in [0, 0.1) is 13.8 Å². The first-order valence-corrected chi connectivity index (χ1v) is 12.8. The number of aryl methyl sites for hydroxylation is 2. The molecule has 0 spiro atoms. The van der Waals surface area contributed by atoms with Gasteiger partial charge in [0.05, 0.1) is 17.1 Å². The van der Waals surface area contributed by atoms with Crippen LogP contribution < -0.4 is 10.2 Å². The maximum atomic E-state index is 14.2. The second kappa shape index (κ2) is 9.28. The third kappa shape index (κ3) is 4.29. The number of anilines is 2. The molecule has 1 aliphatic carbocycles. The summed E-state index contributed by atoms with van der Waals surface area (Å²) in [5.74, 6) is -0.101. The van der Waals surface area contributed by atoms with E-state index in [9.17, 15) is 9.59 Å². The highest BCUT2D eigenvalue weighted by Gasteiger charge is 2.40. The predicted octanol–water partition coefficient (Wildman–Crippen LogP) is 6.23. The summed E-state index contributed by atoms with van der Waals surface area (Å²) >= 11 is 0. The Labute approximate surface area is 217 Å². The van der Waals surface area contributed by atoms with Gasteiger partial charge in [-0.3, -0.25) is 9.69 Å². The van der Waals surface area contributed by atoms with Gasteiger partial charge in [-0.05, 0) is 79.8 Å². The van der Waals surface area contributed by atoms with Crippen molar-refractivity contribution in [1.29, 1.82) is 0 Å². The lowest BCUT2D eigenvalue weighted by Crippen LogP contribution is -2.48. The number of fused-ring (bicyclic) bond motifs is 3. The number of amides is 3. The number of nitrogens with one attached hydrogen (secondary N) is 1. The van der Waals surface area contributed by atoms with Crippen LogP contribution in [-0.4, -0.2) is 34.0 Å². The number of carbonyl (C=O) groups excluding carboxylic acids is 2. The molecule has 3 amide bonds. The van der Waals surface area contributed by atoms with Gasteiger partial charge in [0.25, 0.3) is 0 Å². The zero-order chi connectivity index (χ0) is 25.5. The number of hydrogen-bond donors (Lipinski definition) is 1. The SMILES string of the molecule is Cc1ccc(NC(=O)N(CC(=O)N2c3ccccc3-n3cccc3C2c2ccccc2)C2CC2)cc1C. The van der Waals surface area contributed by atoms with Gasteiger partial charge in [0.1, 0.15) is 12.6 Å². The second-order valence-electron chi connectivity index (χ2n) is 9.96. The van der Waals surface area contributed by atoms with Crippen molar-refractivity contribution in [1.82, 2.24) is 9.47 Å². The van der Waals surface area contributed by atoms with Crippen LogP contribution in [0.5, 0.6) is 0 Å². The van der Waals surface area contributed by atoms with Gasteiger partial charge in [0.15, 0.2) is 0 Å². The number of hydrogen-bond acceptors (Lipinski definition) is 2. The number of benzene rings is 3. The summed E-state index contributed by atoms with van der Waals surface area (Å²) in [5.41, 5.74) is 6.89. The quantitative estimate of drug-likeness (QED) is 0.361. The first kappa shape index (κ1) is 23.1. The number of aromatic nitrogens is 1. The molecule has 0 radical (unpaired) electrons. The maximum Gasteiger partial charge on any atom is 0.322 e. The van der Waals surface area contributed by atoms with Gasteiger partial charge < -0.3 is 14.8 Å². The van der Waals surface area contributed by atoms with Crippen molar-refractivity contribution in [3.63, 3.8) is 0 Å². The second-order valence-corrected chi connectivity index (χ2v) is 9.96. The Bertz CT molecular complexity index is 1470. The van der Waals surface area contributed by atoms with Crippen molar-refractivity contribution in [3.05, 3.63) is 114 Å². The van der Waals surface area contributed by atoms with Crippen molar-refractivity contribution in [3.8, 4) is 5.69 Å². The van der Waals surface area contributed by atoms with Gasteiger partial charge in [0.2, 0.25) is 5.91 Å². The fourth-order valence-electron chi connectivity index (χ4n) is 5.20. The van der Waals surface area contributed by atoms with E-state index in [0.29, 0.717) is 0 Å². The maximum absolute atomic E-state index is 14.2. The molecule has 4 aromatic rings. The van der Waals surface area contributed by atoms with Crippen molar-refractivity contribution in [2.45, 2.75) is 38.8 Å². The number of nitrogens with zero attached hydrogens (tertiary/aromatic N) is 3. The minimum atomic E-state index is -0.289. The van der Waals surface area contributed by atoms with Crippen LogP contribution in [-0.2, 0) is 4.79 Å². The van der Waals surface area contributed by atoms with Crippen LogP contribution in [0.1, 0.15) is 41.3 Å². The Kier molecular flexibility index (Phi) is 5.80. The van der Waals surface area contributed by atoms with Gasteiger partial charge in [-0.15, -0.1) is 0 Å². The van der Waals surface area contributed by atoms with Crippen molar-refractivity contribution in [2.24, 2.45) is 0 Å². The molecular formula is C31H30N4O2. The first-order chi connectivity index (χ1) is 18.0. The van der Waals surface area contributed by atoms with Crippen molar-refractivity contribution in [2.75, 3.05) is 16.8 Å². The molecule has 1 N–H and O–H groups in total. The van der Waals surface area contributed by atoms with E-state index in [1.165, 1.54) is 5.56 Å². The van der Waals surface area contributed by atoms with Gasteiger partial charge in [-0.2, -0.15) is 0 Å². The summed E-state index contributed by atoms with van der Waals surface area (Å²) in [5, 5.41) is 3.03. The van der Waals surface area contributed by atoms with Gasteiger partial charge in [-0.25, -0.2) is 4.79 Å². The Morgan fingerprint density at radius 1 is 0.865 bits per heavy atom. The summed E-state index contributed by atoms with van der Waals surface area (Å²) in [6, 6.07) is 27.6. The average molecular weight is 491 g/mol. The van der Waals surface area contributed by atoms with E-state index in [-0.39, 0.29) is 30.6 Å². The van der Waals surface area contributed by atoms with Crippen molar-refractivity contribution < 1.29 is 9.59 Å². The largest absolute Gasteiger partial charge is 0.322 e. The Morgan fingerprint density at radius 3 is 2.32 bits per heavy atom. The van der Waals surface area contributed by atoms with Crippen LogP contribution in [0.25, 0.3) is 5.69 Å². The molecule has 1 saturated carbocycles. The molecule has 1 fully saturated rings. The lowest BCUT2D eigenvalue weighted by molar-refractivity contribution is -0.119. The monoisotopic (exact) mass is 490 g/mol. The number of urea groups is 1. The van der Waals surface area contributed by atoms with E-state index < -0.39 is 0 Å². The molecule has 2 aliphatic rings. The highest BCUT2D eigenvalue weighted by molar-refractivity contribution is 6.01. The average Bonchev–Trinajstić information content (AvgIpc) is 3.64. The topological polar surface area (TPSA) is 57.6 Å². The Hall–Kier alpha value is -4.32. The molecule has 37 heavy (non-hydrogen) atoms. The van der Waals surface area contributed by atoms with Crippen LogP contribution in [0.3, 0.4) is 0 Å². The molecule has 1 unspecified atom stereocenters. The Balaban J connectivity index is 1.34. The fourth-order valence-corrected chi connectivity index (χ4v) is 5.20. The third-order valence-electron chi connectivity index (χ3n) is 7.42. The minimum Gasteiger partial charge on any atom is -0.316 e. The Morgan fingerprint density at radius 2 is 1.59 bits per heavy atom. The first-order valence-electron chi connectivity index (χ1n) is 12.8. The molecular weight excluding hydrogens is 460 g/mol. The third-order valence-corrected chi connectivity index (χ3v) is 7.42. The smallest absolute Gasteiger partial charge is 0.316 e. The van der Waals surface area contributed by atoms with Gasteiger partial charge in [-0.1, -0.05) is 48.5 Å². The lowest BCUT2D eigenvalue weighted by Gasteiger charge is -2.39. The molecule has 6 heteroatoms. The molecule has 1 aliphatic heterocycles. The summed E-state index contributed by atoms with van der Waals surface area (Å²) < 4.78 is 2.15. The van der Waals surface area contributed by atoms with Crippen LogP contribution >= 0.6 is 0 Å². The molecule has 0 saturated heterocycles. The molecule has 1 aromatic heterocycles. The van der Waals surface area contributed by atoms with E-state index in [0.717, 1.165) is 46.7 Å². The van der Waals surface area contributed by atoms with Crippen LogP contribution in [0.4, 0.5) is 16.2 Å². The number of para-hydroxylation sites is 2. The highest BCUT2D eigenvalue weighted by Crippen LogP contribution is 2.42. The number of rotatable bonds is 5. The minimum absolute atomic E-state index is 0.0136. The lowest BCUT2D eigenvalue weighted by atomic mass is 9.97. The van der Waals surface area contributed by atoms with Gasteiger partial charge >= 0.3 is 6.03 Å². The standard InChI is InChI=1S/C31H30N4O2/c1-21-14-15-24(19-22(21)2)32-31(37)34(25-16-17-25)20-29(36)35-27-12-7-6-11-26(27)33-18-8-13-28(33)30(35)23-9-4-3-5-10-23/h3-15,18-19,25,30H,16-17,20H2,1-2H3,(H,32,37). The summed E-state index contributed by atoms with van der Waals surface area (Å²) in [7, 11) is 0. The molecule has 3 aromatic carbocycles. The molecule has 2 heterocycles. The zero-order valence-corrected chi connectivity index (χ0v) is 21.1. The van der Waals surface area contributed by atoms with E-state index in [1.54, 1.807) is 4.90 Å². The summed E-state index contributed by atoms with van der Waals surface area (Å²) in [6.07, 6.45) is 3.86. The number of carbonyl (C=O) groups is 2. The molecule has 6 nitrogen and oxygen atoms in total. The van der Waals surface area contributed by atoms with Gasteiger partial charge in [0, 0.05) is 17.9 Å². The molecule has 186 valence electrons. The van der Waals surface area contributed by atoms with E-state index in [1.807, 2.05) is 91.7 Å². The molecule has 0 bridgehead atoms. The normalized spacial score (nSPS) is 16.1. The fraction of sp³-hybridized carbons (Fsp3) is 0.226. The summed E-state index contributed by atoms with van der Waals surface area (Å²) in [4.78, 5) is 31.2. The molecule has 1 atom stereocenters. The van der Waals surface area contributed by atoms with Crippen LogP contribution in [0.15, 0.2) is 91.1 Å². The zero-order valence-electron chi connectivity index (χ0n) is 21.1. The molecule has 6 rings (SSSR count). The summed E-state index contributed by atoms with van der Waals surface area (Å²) in [6.45, 7) is 4.09. The van der Waals surface area contributed by atoms with E-state index in [4.69, 9.17) is 0 Å². The van der Waals surface area contributed by atoms with Crippen molar-refractivity contribution >= 4 is 23.3 Å². The highest BCUT2D eigenvalue weighted by atomic mass is 16.2. The van der Waals surface area contributed by atoms with E-state index >= 15 is 0 Å².